The number of rotatable bonds is 7. The number of thiophene rings is 1. The molecule has 2 aromatic carbocycles. The predicted octanol–water partition coefficient (Wildman–Crippen LogP) is 4.72. The van der Waals surface area contributed by atoms with Gasteiger partial charge in [-0.05, 0) is 55.1 Å². The van der Waals surface area contributed by atoms with Gasteiger partial charge in [0.1, 0.15) is 0 Å². The molecule has 3 aromatic rings. The molecule has 0 fully saturated rings. The highest BCUT2D eigenvalue weighted by Gasteiger charge is 2.21. The number of amides is 2. The number of benzene rings is 2. The van der Waals surface area contributed by atoms with Crippen LogP contribution >= 0.6 is 11.3 Å². The van der Waals surface area contributed by atoms with Gasteiger partial charge in [-0.2, -0.15) is 0 Å². The molecular weight excluding hydrogens is 382 g/mol. The normalized spacial score (nSPS) is 12.8. The molecule has 6 heteroatoms. The molecule has 5 nitrogen and oxygen atoms in total. The Balaban J connectivity index is 1.69. The minimum absolute atomic E-state index is 0.0570. The van der Waals surface area contributed by atoms with Gasteiger partial charge in [-0.15, -0.1) is 11.3 Å². The molecule has 3 rings (SSSR count). The molecule has 150 valence electrons. The van der Waals surface area contributed by atoms with E-state index < -0.39 is 6.04 Å². The molecular formula is C23H25N3O2S. The highest BCUT2D eigenvalue weighted by Crippen LogP contribution is 2.27. The molecule has 0 aliphatic heterocycles. The van der Waals surface area contributed by atoms with Gasteiger partial charge in [-0.3, -0.25) is 14.9 Å². The van der Waals surface area contributed by atoms with Crippen LogP contribution in [-0.4, -0.2) is 17.9 Å². The van der Waals surface area contributed by atoms with Crippen LogP contribution in [0.15, 0.2) is 66.0 Å². The zero-order chi connectivity index (χ0) is 20.8. The van der Waals surface area contributed by atoms with E-state index in [1.807, 2.05) is 18.4 Å². The Bertz CT molecular complexity index is 951. The lowest BCUT2D eigenvalue weighted by Gasteiger charge is -2.23. The summed E-state index contributed by atoms with van der Waals surface area (Å²) in [5.41, 5.74) is 3.70. The Labute approximate surface area is 175 Å². The summed E-state index contributed by atoms with van der Waals surface area (Å²) >= 11 is 1.67. The summed E-state index contributed by atoms with van der Waals surface area (Å²) in [6, 6.07) is 19.0. The van der Waals surface area contributed by atoms with Gasteiger partial charge in [-0.25, -0.2) is 0 Å². The third-order valence-corrected chi connectivity index (χ3v) is 5.46. The van der Waals surface area contributed by atoms with Gasteiger partial charge >= 0.3 is 0 Å². The first-order valence-corrected chi connectivity index (χ1v) is 10.3. The van der Waals surface area contributed by atoms with Crippen molar-refractivity contribution in [2.75, 3.05) is 10.6 Å². The Morgan fingerprint density at radius 1 is 0.897 bits per heavy atom. The molecule has 1 aromatic heterocycles. The van der Waals surface area contributed by atoms with E-state index in [0.29, 0.717) is 11.4 Å². The van der Waals surface area contributed by atoms with Gasteiger partial charge in [-0.1, -0.05) is 35.9 Å². The number of anilines is 2. The van der Waals surface area contributed by atoms with Crippen molar-refractivity contribution in [1.82, 2.24) is 5.32 Å². The summed E-state index contributed by atoms with van der Waals surface area (Å²) in [7, 11) is 0. The average Bonchev–Trinajstić information content (AvgIpc) is 3.22. The number of carbonyl (C=O) groups excluding carboxylic acids is 2. The zero-order valence-corrected chi connectivity index (χ0v) is 17.5. The van der Waals surface area contributed by atoms with E-state index >= 15 is 0 Å². The molecule has 0 aliphatic rings. The second-order valence-corrected chi connectivity index (χ2v) is 7.97. The number of hydrogen-bond donors (Lipinski definition) is 3. The molecule has 0 unspecified atom stereocenters. The Morgan fingerprint density at radius 2 is 1.52 bits per heavy atom. The van der Waals surface area contributed by atoms with E-state index in [0.717, 1.165) is 10.4 Å². The number of aryl methyl sites for hydroxylation is 1. The fourth-order valence-corrected chi connectivity index (χ4v) is 3.79. The third kappa shape index (κ3) is 5.76. The summed E-state index contributed by atoms with van der Waals surface area (Å²) in [4.78, 5) is 25.0. The molecule has 3 N–H and O–H groups in total. The van der Waals surface area contributed by atoms with Crippen molar-refractivity contribution >= 4 is 34.5 Å². The first-order chi connectivity index (χ1) is 13.9. The molecule has 0 spiro atoms. The maximum absolute atomic E-state index is 12.7. The zero-order valence-electron chi connectivity index (χ0n) is 16.7. The van der Waals surface area contributed by atoms with Crippen LogP contribution in [0.1, 0.15) is 35.9 Å². The summed E-state index contributed by atoms with van der Waals surface area (Å²) in [5, 5.41) is 11.1. The molecule has 0 bridgehead atoms. The molecule has 0 aliphatic carbocycles. The summed E-state index contributed by atoms with van der Waals surface area (Å²) in [5.74, 6) is -0.249. The maximum Gasteiger partial charge on any atom is 0.241 e. The second-order valence-electron chi connectivity index (χ2n) is 7.00. The lowest BCUT2D eigenvalue weighted by atomic mass is 10.0. The topological polar surface area (TPSA) is 70.2 Å². The minimum atomic E-state index is -0.404. The molecule has 0 radical (unpaired) electrons. The van der Waals surface area contributed by atoms with E-state index in [4.69, 9.17) is 0 Å². The van der Waals surface area contributed by atoms with Crippen molar-refractivity contribution in [3.8, 4) is 0 Å². The van der Waals surface area contributed by atoms with E-state index in [2.05, 4.69) is 53.2 Å². The standard InChI is InChI=1S/C23H25N3O2S/c1-15-6-8-18(9-7-15)22(21-5-4-14-29-21)24-16(2)23(28)26-20-12-10-19(11-13-20)25-17(3)27/h4-14,16,22,24H,1-3H3,(H,25,27)(H,26,28)/t16-,22+/m0/s1. The number of nitrogens with one attached hydrogen (secondary N) is 3. The van der Waals surface area contributed by atoms with Crippen LogP contribution in [0.4, 0.5) is 11.4 Å². The Morgan fingerprint density at radius 3 is 2.07 bits per heavy atom. The number of carbonyl (C=O) groups is 2. The molecule has 0 saturated heterocycles. The minimum Gasteiger partial charge on any atom is -0.326 e. The van der Waals surface area contributed by atoms with Crippen molar-refractivity contribution < 1.29 is 9.59 Å². The average molecular weight is 408 g/mol. The van der Waals surface area contributed by atoms with Crippen LogP contribution in [0.2, 0.25) is 0 Å². The fourth-order valence-electron chi connectivity index (χ4n) is 2.97. The third-order valence-electron chi connectivity index (χ3n) is 4.52. The summed E-state index contributed by atoms with van der Waals surface area (Å²) in [6.45, 7) is 5.38. The van der Waals surface area contributed by atoms with Gasteiger partial charge < -0.3 is 10.6 Å². The monoisotopic (exact) mass is 407 g/mol. The van der Waals surface area contributed by atoms with Crippen molar-refractivity contribution in [1.29, 1.82) is 0 Å². The van der Waals surface area contributed by atoms with E-state index in [-0.39, 0.29) is 17.9 Å². The van der Waals surface area contributed by atoms with Crippen LogP contribution in [0, 0.1) is 6.92 Å². The van der Waals surface area contributed by atoms with Gasteiger partial charge in [0.2, 0.25) is 11.8 Å². The van der Waals surface area contributed by atoms with Crippen LogP contribution < -0.4 is 16.0 Å². The first kappa shape index (κ1) is 20.8. The lowest BCUT2D eigenvalue weighted by Crippen LogP contribution is -2.40. The lowest BCUT2D eigenvalue weighted by molar-refractivity contribution is -0.118. The molecule has 0 saturated carbocycles. The summed E-state index contributed by atoms with van der Waals surface area (Å²) < 4.78 is 0. The molecule has 1 heterocycles. The van der Waals surface area contributed by atoms with Gasteiger partial charge in [0.05, 0.1) is 12.1 Å². The van der Waals surface area contributed by atoms with Crippen molar-refractivity contribution in [3.05, 3.63) is 82.0 Å². The van der Waals surface area contributed by atoms with Crippen LogP contribution in [0.25, 0.3) is 0 Å². The van der Waals surface area contributed by atoms with Gasteiger partial charge in [0, 0.05) is 23.2 Å². The van der Waals surface area contributed by atoms with Crippen LogP contribution in [0.5, 0.6) is 0 Å². The quantitative estimate of drug-likeness (QED) is 0.531. The van der Waals surface area contributed by atoms with Crippen molar-refractivity contribution in [2.24, 2.45) is 0 Å². The highest BCUT2D eigenvalue weighted by atomic mass is 32.1. The van der Waals surface area contributed by atoms with Crippen molar-refractivity contribution in [3.63, 3.8) is 0 Å². The van der Waals surface area contributed by atoms with E-state index in [1.54, 1.807) is 35.6 Å². The second kappa shape index (κ2) is 9.49. The Hall–Kier alpha value is -2.96. The largest absolute Gasteiger partial charge is 0.326 e. The molecule has 29 heavy (non-hydrogen) atoms. The fraction of sp³-hybridized carbons (Fsp3) is 0.217. The van der Waals surface area contributed by atoms with E-state index in [9.17, 15) is 9.59 Å². The SMILES string of the molecule is CC(=O)Nc1ccc(NC(=O)[C@H](C)N[C@H](c2ccc(C)cc2)c2cccs2)cc1. The highest BCUT2D eigenvalue weighted by molar-refractivity contribution is 7.10. The summed E-state index contributed by atoms with van der Waals surface area (Å²) in [6.07, 6.45) is 0. The predicted molar refractivity (Wildman–Crippen MR) is 119 cm³/mol. The Kier molecular flexibility index (Phi) is 6.80. The maximum atomic E-state index is 12.7. The van der Waals surface area contributed by atoms with Crippen LogP contribution in [0.3, 0.4) is 0 Å². The van der Waals surface area contributed by atoms with Crippen LogP contribution in [-0.2, 0) is 9.59 Å². The molecule has 2 amide bonds. The van der Waals surface area contributed by atoms with Gasteiger partial charge in [0.15, 0.2) is 0 Å². The number of hydrogen-bond acceptors (Lipinski definition) is 4. The van der Waals surface area contributed by atoms with Crippen molar-refractivity contribution in [2.45, 2.75) is 32.9 Å². The van der Waals surface area contributed by atoms with Gasteiger partial charge in [0.25, 0.3) is 0 Å². The smallest absolute Gasteiger partial charge is 0.241 e. The first-order valence-electron chi connectivity index (χ1n) is 9.47. The molecule has 2 atom stereocenters. The van der Waals surface area contributed by atoms with E-state index in [1.165, 1.54) is 12.5 Å².